The Labute approximate surface area is 336 Å². The number of azo groups is 2. The van der Waals surface area contributed by atoms with Gasteiger partial charge in [-0.05, 0) is 72.1 Å². The van der Waals surface area contributed by atoms with Crippen LogP contribution in [0.5, 0.6) is 0 Å². The van der Waals surface area contributed by atoms with E-state index in [-0.39, 0.29) is 83.2 Å². The van der Waals surface area contributed by atoms with Crippen LogP contribution < -0.4 is 5.32 Å². The highest BCUT2D eigenvalue weighted by Gasteiger charge is 2.22. The molecule has 19 nitrogen and oxygen atoms in total. The van der Waals surface area contributed by atoms with Crippen molar-refractivity contribution < 1.29 is 48.8 Å². The van der Waals surface area contributed by atoms with Gasteiger partial charge in [0.2, 0.25) is 5.95 Å². The number of aromatic nitrogens is 3. The normalized spacial score (nSPS) is 12.4. The predicted molar refractivity (Wildman–Crippen MR) is 212 cm³/mol. The van der Waals surface area contributed by atoms with Gasteiger partial charge in [-0.25, -0.2) is 4.98 Å². The van der Waals surface area contributed by atoms with E-state index in [4.69, 9.17) is 5.11 Å². The number of benzene rings is 5. The zero-order valence-electron chi connectivity index (χ0n) is 30.4. The molecule has 0 saturated heterocycles. The number of anilines is 1. The number of hydrogen-bond acceptors (Lipinski definition) is 15. The number of carbonyl (C=O) groups is 1. The van der Waals surface area contributed by atoms with Crippen LogP contribution in [0.4, 0.5) is 28.7 Å². The molecule has 0 amide bonds. The number of aliphatic carboxylic acids is 1. The summed E-state index contributed by atoms with van der Waals surface area (Å²) in [5.74, 6) is -0.515. The highest BCUT2D eigenvalue weighted by atomic mass is 32.2. The van der Waals surface area contributed by atoms with Gasteiger partial charge in [0.05, 0.1) is 27.6 Å². The molecular formula is C37H32N8O11S3. The lowest BCUT2D eigenvalue weighted by Gasteiger charge is -2.11. The van der Waals surface area contributed by atoms with Crippen molar-refractivity contribution in [3.05, 3.63) is 126 Å². The van der Waals surface area contributed by atoms with E-state index >= 15 is 0 Å². The Morgan fingerprint density at radius 3 is 1.78 bits per heavy atom. The van der Waals surface area contributed by atoms with Crippen molar-refractivity contribution in [1.29, 1.82) is 0 Å². The van der Waals surface area contributed by atoms with Crippen LogP contribution in [0.15, 0.2) is 138 Å². The maximum absolute atomic E-state index is 12.5. The molecule has 5 aromatic carbocycles. The summed E-state index contributed by atoms with van der Waals surface area (Å²) in [7, 11) is -14.4. The van der Waals surface area contributed by atoms with Crippen LogP contribution in [0.2, 0.25) is 0 Å². The van der Waals surface area contributed by atoms with Crippen LogP contribution in [0.3, 0.4) is 0 Å². The van der Waals surface area contributed by atoms with Crippen LogP contribution in [0.25, 0.3) is 10.8 Å². The van der Waals surface area contributed by atoms with Gasteiger partial charge >= 0.3 is 5.97 Å². The molecule has 0 unspecified atom stereocenters. The number of nitrogens with zero attached hydrogens (tertiary/aromatic N) is 7. The zero-order chi connectivity index (χ0) is 42.4. The highest BCUT2D eigenvalue weighted by Crippen LogP contribution is 2.34. The zero-order valence-corrected chi connectivity index (χ0v) is 32.8. The molecular weight excluding hydrogens is 829 g/mol. The molecule has 6 aromatic rings. The molecule has 0 bridgehead atoms. The number of carboxylic acid groups (broad SMARTS) is 1. The Hall–Kier alpha value is -6.43. The monoisotopic (exact) mass is 860 g/mol. The minimum Gasteiger partial charge on any atom is -0.481 e. The first-order valence-corrected chi connectivity index (χ1v) is 21.5. The first-order valence-electron chi connectivity index (χ1n) is 17.2. The van der Waals surface area contributed by atoms with E-state index in [1.54, 1.807) is 54.6 Å². The van der Waals surface area contributed by atoms with Gasteiger partial charge in [-0.15, -0.1) is 0 Å². The van der Waals surface area contributed by atoms with Crippen molar-refractivity contribution in [3.8, 4) is 0 Å². The van der Waals surface area contributed by atoms with Crippen molar-refractivity contribution in [3.63, 3.8) is 0 Å². The lowest BCUT2D eigenvalue weighted by Crippen LogP contribution is -2.13. The summed E-state index contributed by atoms with van der Waals surface area (Å²) in [6.07, 6.45) is 0.109. The van der Waals surface area contributed by atoms with Gasteiger partial charge in [-0.2, -0.15) is 55.7 Å². The van der Waals surface area contributed by atoms with Gasteiger partial charge in [0.1, 0.15) is 21.4 Å². The number of carboxylic acids is 1. The van der Waals surface area contributed by atoms with E-state index in [9.17, 15) is 43.7 Å². The van der Waals surface area contributed by atoms with Crippen LogP contribution in [0.1, 0.15) is 35.6 Å². The van der Waals surface area contributed by atoms with Gasteiger partial charge in [-0.1, -0.05) is 48.5 Å². The molecule has 0 fully saturated rings. The second-order valence-electron chi connectivity index (χ2n) is 12.7. The molecule has 1 aromatic heterocycles. The molecule has 6 rings (SSSR count). The fourth-order valence-electron chi connectivity index (χ4n) is 5.70. The fraction of sp³-hybridized carbons (Fsp3) is 0.135. The lowest BCUT2D eigenvalue weighted by atomic mass is 10.1. The average molecular weight is 861 g/mol. The lowest BCUT2D eigenvalue weighted by molar-refractivity contribution is -0.137. The minimum atomic E-state index is -4.86. The largest absolute Gasteiger partial charge is 0.481 e. The number of fused-ring (bicyclic) bond motifs is 1. The van der Waals surface area contributed by atoms with Crippen LogP contribution in [-0.2, 0) is 48.0 Å². The number of hydrogen-bond donors (Lipinski definition) is 5. The fourth-order valence-corrected chi connectivity index (χ4v) is 7.87. The summed E-state index contributed by atoms with van der Waals surface area (Å²) in [5.41, 5.74) is 1.65. The highest BCUT2D eigenvalue weighted by molar-refractivity contribution is 7.86. The number of rotatable bonds is 16. The van der Waals surface area contributed by atoms with Gasteiger partial charge in [-0.3, -0.25) is 18.5 Å². The summed E-state index contributed by atoms with van der Waals surface area (Å²) < 4.78 is 103. The third-order valence-electron chi connectivity index (χ3n) is 8.33. The van der Waals surface area contributed by atoms with Crippen LogP contribution >= 0.6 is 0 Å². The van der Waals surface area contributed by atoms with Crippen LogP contribution in [0, 0.1) is 0 Å². The van der Waals surface area contributed by atoms with E-state index in [0.29, 0.717) is 11.3 Å². The molecule has 304 valence electrons. The second-order valence-corrected chi connectivity index (χ2v) is 16.9. The summed E-state index contributed by atoms with van der Waals surface area (Å²) in [6, 6.07) is 25.1. The van der Waals surface area contributed by atoms with Crippen LogP contribution in [-0.4, -0.2) is 71.5 Å². The molecule has 0 saturated carbocycles. The van der Waals surface area contributed by atoms with Gasteiger partial charge < -0.3 is 10.4 Å². The van der Waals surface area contributed by atoms with Gasteiger partial charge in [0.25, 0.3) is 30.4 Å². The summed E-state index contributed by atoms with van der Waals surface area (Å²) in [4.78, 5) is 22.8. The van der Waals surface area contributed by atoms with E-state index in [1.165, 1.54) is 36.4 Å². The van der Waals surface area contributed by atoms with E-state index in [0.717, 1.165) is 12.1 Å². The van der Waals surface area contributed by atoms with Gasteiger partial charge in [0, 0.05) is 36.6 Å². The first-order chi connectivity index (χ1) is 27.9. The standard InChI is InChI=1S/C37H32N8O11S3/c46-36(47)10-5-17-38-37-40-34(39-35(41-37)19-24-13-16-27(21-32(24)58(51,52)53)44-42-25-6-2-1-3-7-25)18-23-11-14-26(15-12-23)43-45-28-20-30-29(33(22-28)59(54,55)56)8-4-9-31(30)57(48,49)50/h1-4,6-9,11-16,20-22H,5,10,17-19H2,(H,46,47)(H,48,49,50)(H,51,52,53)(H,54,55,56)(H,38,39,40,41). The topological polar surface area (TPSA) is 301 Å². The number of nitrogens with one attached hydrogen (secondary N) is 1. The molecule has 0 radical (unpaired) electrons. The van der Waals surface area contributed by atoms with Crippen molar-refractivity contribution in [1.82, 2.24) is 15.0 Å². The smallest absolute Gasteiger partial charge is 0.303 e. The third kappa shape index (κ3) is 11.4. The molecule has 22 heteroatoms. The van der Waals surface area contributed by atoms with E-state index in [2.05, 4.69) is 40.7 Å². The second kappa shape index (κ2) is 17.6. The van der Waals surface area contributed by atoms with Crippen molar-refractivity contribution in [2.75, 3.05) is 11.9 Å². The quantitative estimate of drug-likeness (QED) is 0.0370. The molecule has 0 aliphatic carbocycles. The Morgan fingerprint density at radius 1 is 0.559 bits per heavy atom. The van der Waals surface area contributed by atoms with Crippen molar-refractivity contribution in [2.24, 2.45) is 20.5 Å². The molecule has 59 heavy (non-hydrogen) atoms. The Kier molecular flexibility index (Phi) is 12.6. The maximum Gasteiger partial charge on any atom is 0.303 e. The summed E-state index contributed by atoms with van der Waals surface area (Å²) in [6.45, 7) is 0.201. The first kappa shape index (κ1) is 42.2. The molecule has 0 aliphatic rings. The average Bonchev–Trinajstić information content (AvgIpc) is 3.17. The Bertz CT molecular complexity index is 2950. The SMILES string of the molecule is O=C(O)CCCNc1nc(Cc2ccc(N=Nc3cc(S(=O)(=O)O)c4cccc(S(=O)(=O)O)c4c3)cc2)nc(Cc2ccc(N=Nc3ccccc3)cc2S(=O)(=O)O)n1. The Balaban J connectivity index is 1.26. The van der Waals surface area contributed by atoms with E-state index < -0.39 is 51.0 Å². The Morgan fingerprint density at radius 2 is 1.14 bits per heavy atom. The maximum atomic E-state index is 12.5. The van der Waals surface area contributed by atoms with Gasteiger partial charge in [0.15, 0.2) is 0 Å². The molecule has 5 N–H and O–H groups in total. The summed E-state index contributed by atoms with van der Waals surface area (Å²) >= 11 is 0. The molecule has 0 aliphatic heterocycles. The third-order valence-corrected chi connectivity index (χ3v) is 11.1. The van der Waals surface area contributed by atoms with E-state index in [1.807, 2.05) is 0 Å². The molecule has 0 spiro atoms. The predicted octanol–water partition coefficient (Wildman–Crippen LogP) is 7.05. The minimum absolute atomic E-state index is 0.0966. The summed E-state index contributed by atoms with van der Waals surface area (Å²) in [5, 5.41) is 27.9. The van der Waals surface area contributed by atoms with Crippen molar-refractivity contribution >= 4 is 75.8 Å². The van der Waals surface area contributed by atoms with Crippen molar-refractivity contribution in [2.45, 2.75) is 40.4 Å². The molecule has 0 atom stereocenters. The molecule has 1 heterocycles.